The topological polar surface area (TPSA) is 37.8 Å². The van der Waals surface area contributed by atoms with Gasteiger partial charge in [-0.15, -0.1) is 0 Å². The molecule has 1 heterocycles. The van der Waals surface area contributed by atoms with E-state index in [-0.39, 0.29) is 0 Å². The second kappa shape index (κ2) is 6.15. The molecular weight excluding hydrogens is 246 g/mol. The van der Waals surface area contributed by atoms with Crippen LogP contribution in [0.15, 0.2) is 61.0 Å². The Morgan fingerprint density at radius 2 is 1.80 bits per heavy atom. The van der Waals surface area contributed by atoms with E-state index in [4.69, 9.17) is 0 Å². The summed E-state index contributed by atoms with van der Waals surface area (Å²) in [5, 5.41) is 3.23. The van der Waals surface area contributed by atoms with E-state index in [0.717, 1.165) is 24.9 Å². The van der Waals surface area contributed by atoms with Gasteiger partial charge in [-0.1, -0.05) is 48.6 Å². The van der Waals surface area contributed by atoms with Crippen molar-refractivity contribution < 1.29 is 0 Å². The number of hydrogen-bond donors (Lipinski definition) is 1. The quantitative estimate of drug-likeness (QED) is 0.911. The number of benzene rings is 1. The number of nitrogens with one attached hydrogen (secondary N) is 1. The third-order valence-corrected chi connectivity index (χ3v) is 3.27. The summed E-state index contributed by atoms with van der Waals surface area (Å²) in [4.78, 5) is 8.74. The zero-order chi connectivity index (χ0) is 13.6. The lowest BCUT2D eigenvalue weighted by molar-refractivity contribution is 1.03. The Balaban J connectivity index is 1.64. The molecule has 0 amide bonds. The molecular formula is C17H17N3. The van der Waals surface area contributed by atoms with Crippen LogP contribution in [0.2, 0.25) is 0 Å². The maximum atomic E-state index is 4.37. The molecule has 0 atom stereocenters. The van der Waals surface area contributed by atoms with Gasteiger partial charge in [0, 0.05) is 24.5 Å². The molecule has 2 aromatic rings. The van der Waals surface area contributed by atoms with E-state index in [9.17, 15) is 0 Å². The van der Waals surface area contributed by atoms with Gasteiger partial charge >= 0.3 is 0 Å². The minimum absolute atomic E-state index is 0.665. The highest BCUT2D eigenvalue weighted by atomic mass is 15.1. The van der Waals surface area contributed by atoms with E-state index in [1.807, 2.05) is 30.6 Å². The smallest absolute Gasteiger partial charge is 0.222 e. The van der Waals surface area contributed by atoms with Crippen LogP contribution in [0.25, 0.3) is 5.57 Å². The van der Waals surface area contributed by atoms with Crippen LogP contribution in [0, 0.1) is 0 Å². The summed E-state index contributed by atoms with van der Waals surface area (Å²) in [6.45, 7) is 0.739. The van der Waals surface area contributed by atoms with Crippen molar-refractivity contribution in [1.82, 2.24) is 9.97 Å². The third-order valence-electron chi connectivity index (χ3n) is 3.27. The maximum Gasteiger partial charge on any atom is 0.222 e. The molecule has 3 heteroatoms. The van der Waals surface area contributed by atoms with Crippen LogP contribution in [-0.4, -0.2) is 9.97 Å². The zero-order valence-corrected chi connectivity index (χ0v) is 11.3. The van der Waals surface area contributed by atoms with E-state index in [1.165, 1.54) is 11.1 Å². The van der Waals surface area contributed by atoms with Crippen LogP contribution in [0.4, 0.5) is 5.95 Å². The normalized spacial score (nSPS) is 13.9. The summed E-state index contributed by atoms with van der Waals surface area (Å²) in [6, 6.07) is 10.2. The van der Waals surface area contributed by atoms with E-state index >= 15 is 0 Å². The molecule has 0 saturated carbocycles. The minimum Gasteiger partial charge on any atom is -0.350 e. The van der Waals surface area contributed by atoms with Crippen molar-refractivity contribution in [3.8, 4) is 0 Å². The Kier molecular flexibility index (Phi) is 3.88. The Hall–Kier alpha value is -2.42. The maximum absolute atomic E-state index is 4.37. The molecule has 20 heavy (non-hydrogen) atoms. The molecule has 0 saturated heterocycles. The molecule has 1 N–H and O–H groups in total. The molecule has 1 aromatic carbocycles. The molecule has 0 radical (unpaired) electrons. The number of rotatable bonds is 4. The number of allylic oxidation sites excluding steroid dienone is 4. The molecule has 0 spiro atoms. The standard InChI is InChI=1S/C17H17N3/c1-3-7-14(8-4-1)11-18-17-19-12-16(13-20-17)15-9-5-2-6-10-15/h1,3-5,7-10,12-13H,2,6,11H2,(H,18,19,20). The number of aromatic nitrogens is 2. The van der Waals surface area contributed by atoms with Crippen molar-refractivity contribution in [3.63, 3.8) is 0 Å². The lowest BCUT2D eigenvalue weighted by Crippen LogP contribution is -2.03. The fourth-order valence-corrected chi connectivity index (χ4v) is 2.17. The molecule has 100 valence electrons. The molecule has 1 aliphatic rings. The second-order valence-corrected chi connectivity index (χ2v) is 4.77. The number of nitrogens with zero attached hydrogens (tertiary/aromatic N) is 2. The summed E-state index contributed by atoms with van der Waals surface area (Å²) in [5.74, 6) is 0.665. The number of anilines is 1. The lowest BCUT2D eigenvalue weighted by Gasteiger charge is -2.08. The molecule has 3 nitrogen and oxygen atoms in total. The van der Waals surface area contributed by atoms with E-state index in [2.05, 4.69) is 45.6 Å². The first-order valence-corrected chi connectivity index (χ1v) is 6.89. The SMILES string of the molecule is C1=CC(c2cnc(NCc3ccccc3)nc2)=CCC1. The predicted molar refractivity (Wildman–Crippen MR) is 82.2 cm³/mol. The van der Waals surface area contributed by atoms with Gasteiger partial charge < -0.3 is 5.32 Å². The van der Waals surface area contributed by atoms with Crippen molar-refractivity contribution >= 4 is 11.5 Å². The fourth-order valence-electron chi connectivity index (χ4n) is 2.17. The van der Waals surface area contributed by atoms with Crippen molar-refractivity contribution in [2.45, 2.75) is 19.4 Å². The largest absolute Gasteiger partial charge is 0.350 e. The minimum atomic E-state index is 0.665. The third kappa shape index (κ3) is 3.12. The summed E-state index contributed by atoms with van der Waals surface area (Å²) < 4.78 is 0. The van der Waals surface area contributed by atoms with E-state index in [1.54, 1.807) is 0 Å². The van der Waals surface area contributed by atoms with Gasteiger partial charge in [0.05, 0.1) is 0 Å². The van der Waals surface area contributed by atoms with Gasteiger partial charge in [-0.2, -0.15) is 0 Å². The van der Waals surface area contributed by atoms with Crippen LogP contribution in [0.1, 0.15) is 24.0 Å². The van der Waals surface area contributed by atoms with Crippen LogP contribution in [0.3, 0.4) is 0 Å². The molecule has 0 fully saturated rings. The first-order chi connectivity index (χ1) is 9.92. The van der Waals surface area contributed by atoms with Crippen molar-refractivity contribution in [1.29, 1.82) is 0 Å². The van der Waals surface area contributed by atoms with Crippen molar-refractivity contribution in [3.05, 3.63) is 72.1 Å². The van der Waals surface area contributed by atoms with Gasteiger partial charge in [0.1, 0.15) is 0 Å². The second-order valence-electron chi connectivity index (χ2n) is 4.77. The summed E-state index contributed by atoms with van der Waals surface area (Å²) in [7, 11) is 0. The highest BCUT2D eigenvalue weighted by Gasteiger charge is 2.03. The van der Waals surface area contributed by atoms with E-state index in [0.29, 0.717) is 5.95 Å². The molecule has 0 bridgehead atoms. The van der Waals surface area contributed by atoms with Gasteiger partial charge in [-0.05, 0) is 24.0 Å². The van der Waals surface area contributed by atoms with E-state index < -0.39 is 0 Å². The van der Waals surface area contributed by atoms with Gasteiger partial charge in [0.25, 0.3) is 0 Å². The zero-order valence-electron chi connectivity index (χ0n) is 11.3. The van der Waals surface area contributed by atoms with Gasteiger partial charge in [-0.25, -0.2) is 9.97 Å². The van der Waals surface area contributed by atoms with Crippen molar-refractivity contribution in [2.75, 3.05) is 5.32 Å². The first kappa shape index (κ1) is 12.6. The van der Waals surface area contributed by atoms with Gasteiger partial charge in [-0.3, -0.25) is 0 Å². The lowest BCUT2D eigenvalue weighted by atomic mass is 10.0. The molecule has 3 rings (SSSR count). The molecule has 0 aliphatic heterocycles. The predicted octanol–water partition coefficient (Wildman–Crippen LogP) is 3.82. The van der Waals surface area contributed by atoms with Crippen LogP contribution in [-0.2, 0) is 6.54 Å². The molecule has 0 unspecified atom stereocenters. The fraction of sp³-hybridized carbons (Fsp3) is 0.176. The Labute approximate surface area is 119 Å². The Morgan fingerprint density at radius 3 is 2.50 bits per heavy atom. The van der Waals surface area contributed by atoms with Crippen molar-refractivity contribution in [2.24, 2.45) is 0 Å². The number of hydrogen-bond acceptors (Lipinski definition) is 3. The Bertz CT molecular complexity index is 612. The summed E-state index contributed by atoms with van der Waals surface area (Å²) in [6.07, 6.45) is 12.5. The summed E-state index contributed by atoms with van der Waals surface area (Å²) >= 11 is 0. The average molecular weight is 263 g/mol. The first-order valence-electron chi connectivity index (χ1n) is 6.89. The Morgan fingerprint density at radius 1 is 1.00 bits per heavy atom. The molecule has 1 aromatic heterocycles. The van der Waals surface area contributed by atoms with Crippen LogP contribution < -0.4 is 5.32 Å². The highest BCUT2D eigenvalue weighted by Crippen LogP contribution is 2.20. The van der Waals surface area contributed by atoms with Crippen LogP contribution in [0.5, 0.6) is 0 Å². The monoisotopic (exact) mass is 263 g/mol. The van der Waals surface area contributed by atoms with Gasteiger partial charge in [0.2, 0.25) is 5.95 Å². The van der Waals surface area contributed by atoms with Gasteiger partial charge in [0.15, 0.2) is 0 Å². The van der Waals surface area contributed by atoms with Crippen LogP contribution >= 0.6 is 0 Å². The molecule has 1 aliphatic carbocycles. The summed E-state index contributed by atoms with van der Waals surface area (Å²) in [5.41, 5.74) is 3.51. The average Bonchev–Trinajstić information content (AvgIpc) is 2.55. The highest BCUT2D eigenvalue weighted by molar-refractivity contribution is 5.73.